The summed E-state index contributed by atoms with van der Waals surface area (Å²) in [5.41, 5.74) is 4.68. The van der Waals surface area contributed by atoms with E-state index in [1.165, 1.54) is 17.2 Å². The Morgan fingerprint density at radius 1 is 1.29 bits per heavy atom. The van der Waals surface area contributed by atoms with Gasteiger partial charge in [0.15, 0.2) is 0 Å². The third kappa shape index (κ3) is 4.80. The standard InChI is InChI=1S/C14H19N5O3.2ClH/c1-14(2,6-15)7-19(3)12(21)8-4-9-10(16-5-8)17-13(22)18-11(9)20;;/h4-5H,6-7,15H2,1-3H3,(H2,16,17,18,20,22);2*1H. The molecule has 0 fully saturated rings. The second kappa shape index (κ2) is 8.27. The van der Waals surface area contributed by atoms with Gasteiger partial charge in [-0.25, -0.2) is 9.78 Å². The molecule has 2 rings (SSSR count). The van der Waals surface area contributed by atoms with Crippen molar-refractivity contribution >= 4 is 41.8 Å². The molecule has 0 atom stereocenters. The molecule has 0 aliphatic rings. The lowest BCUT2D eigenvalue weighted by Gasteiger charge is -2.29. The summed E-state index contributed by atoms with van der Waals surface area (Å²) in [6, 6.07) is 1.42. The van der Waals surface area contributed by atoms with Crippen LogP contribution in [0.5, 0.6) is 0 Å². The molecule has 0 spiro atoms. The fourth-order valence-corrected chi connectivity index (χ4v) is 2.16. The molecule has 0 aliphatic carbocycles. The number of amides is 1. The number of fused-ring (bicyclic) bond motifs is 1. The van der Waals surface area contributed by atoms with Crippen molar-refractivity contribution in [1.29, 1.82) is 0 Å². The topological polar surface area (TPSA) is 125 Å². The molecule has 0 radical (unpaired) electrons. The normalized spacial score (nSPS) is 10.7. The van der Waals surface area contributed by atoms with Crippen LogP contribution in [-0.2, 0) is 0 Å². The van der Waals surface area contributed by atoms with Gasteiger partial charge in [0, 0.05) is 19.8 Å². The molecule has 10 heteroatoms. The lowest BCUT2D eigenvalue weighted by Crippen LogP contribution is -2.39. The maximum Gasteiger partial charge on any atom is 0.327 e. The highest BCUT2D eigenvalue weighted by Crippen LogP contribution is 2.16. The quantitative estimate of drug-likeness (QED) is 0.715. The number of hydrogen-bond acceptors (Lipinski definition) is 5. The number of rotatable bonds is 4. The van der Waals surface area contributed by atoms with E-state index in [1.54, 1.807) is 7.05 Å². The minimum Gasteiger partial charge on any atom is -0.341 e. The molecule has 0 aliphatic heterocycles. The van der Waals surface area contributed by atoms with E-state index in [1.807, 2.05) is 13.8 Å². The Kier molecular flexibility index (Phi) is 7.62. The summed E-state index contributed by atoms with van der Waals surface area (Å²) in [6.07, 6.45) is 1.34. The van der Waals surface area contributed by atoms with E-state index < -0.39 is 11.2 Å². The minimum atomic E-state index is -0.633. The van der Waals surface area contributed by atoms with Crippen molar-refractivity contribution in [1.82, 2.24) is 19.9 Å². The zero-order valence-corrected chi connectivity index (χ0v) is 15.2. The van der Waals surface area contributed by atoms with Gasteiger partial charge in [-0.2, -0.15) is 0 Å². The lowest BCUT2D eigenvalue weighted by atomic mass is 9.93. The van der Waals surface area contributed by atoms with Gasteiger partial charge in [0.1, 0.15) is 5.65 Å². The fraction of sp³-hybridized carbons (Fsp3) is 0.429. The first kappa shape index (κ1) is 22.1. The zero-order chi connectivity index (χ0) is 16.5. The average molecular weight is 378 g/mol. The number of nitrogens with two attached hydrogens (primary N) is 1. The fourth-order valence-electron chi connectivity index (χ4n) is 2.16. The van der Waals surface area contributed by atoms with Crippen molar-refractivity contribution in [3.05, 3.63) is 38.7 Å². The van der Waals surface area contributed by atoms with E-state index in [4.69, 9.17) is 5.73 Å². The maximum atomic E-state index is 12.4. The SMILES string of the molecule is CN(CC(C)(C)CN)C(=O)c1cnc2[nH]c(=O)[nH]c(=O)c2c1.Cl.Cl. The number of carbonyl (C=O) groups is 1. The Bertz CT molecular complexity index is 831. The Hall–Kier alpha value is -1.90. The number of aromatic nitrogens is 3. The second-order valence-electron chi connectivity index (χ2n) is 6.06. The first-order chi connectivity index (χ1) is 10.2. The Morgan fingerprint density at radius 3 is 2.50 bits per heavy atom. The molecule has 1 amide bonds. The van der Waals surface area contributed by atoms with Crippen LogP contribution in [0.15, 0.2) is 21.9 Å². The predicted octanol–water partition coefficient (Wildman–Crippen LogP) is 0.512. The molecule has 0 aromatic carbocycles. The van der Waals surface area contributed by atoms with E-state index in [0.29, 0.717) is 13.1 Å². The Morgan fingerprint density at radius 2 is 1.92 bits per heavy atom. The van der Waals surface area contributed by atoms with Crippen molar-refractivity contribution < 1.29 is 4.79 Å². The number of nitrogens with zero attached hydrogens (tertiary/aromatic N) is 2. The Labute approximate surface area is 150 Å². The van der Waals surface area contributed by atoms with Gasteiger partial charge in [0.25, 0.3) is 11.5 Å². The minimum absolute atomic E-state index is 0. The molecule has 0 saturated carbocycles. The van der Waals surface area contributed by atoms with Gasteiger partial charge < -0.3 is 10.6 Å². The van der Waals surface area contributed by atoms with Crippen LogP contribution < -0.4 is 17.0 Å². The molecule has 0 bridgehead atoms. The van der Waals surface area contributed by atoms with Gasteiger partial charge in [0.05, 0.1) is 10.9 Å². The summed E-state index contributed by atoms with van der Waals surface area (Å²) in [7, 11) is 1.67. The molecule has 0 unspecified atom stereocenters. The number of carbonyl (C=O) groups excluding carboxylic acids is 1. The molecule has 24 heavy (non-hydrogen) atoms. The van der Waals surface area contributed by atoms with Crippen molar-refractivity contribution in [3.8, 4) is 0 Å². The van der Waals surface area contributed by atoms with E-state index in [-0.39, 0.29) is 52.7 Å². The summed E-state index contributed by atoms with van der Waals surface area (Å²) in [6.45, 7) is 4.85. The van der Waals surface area contributed by atoms with Gasteiger partial charge in [-0.15, -0.1) is 24.8 Å². The van der Waals surface area contributed by atoms with Gasteiger partial charge in [-0.3, -0.25) is 19.6 Å². The Balaban J connectivity index is 0.00000264. The zero-order valence-electron chi connectivity index (χ0n) is 13.6. The molecule has 134 valence electrons. The van der Waals surface area contributed by atoms with Crippen molar-refractivity contribution in [2.45, 2.75) is 13.8 Å². The summed E-state index contributed by atoms with van der Waals surface area (Å²) in [5.74, 6) is -0.262. The van der Waals surface area contributed by atoms with E-state index in [2.05, 4.69) is 15.0 Å². The van der Waals surface area contributed by atoms with Crippen LogP contribution in [0.1, 0.15) is 24.2 Å². The first-order valence-electron chi connectivity index (χ1n) is 6.81. The predicted molar refractivity (Wildman–Crippen MR) is 97.3 cm³/mol. The van der Waals surface area contributed by atoms with Crippen molar-refractivity contribution in [2.75, 3.05) is 20.1 Å². The third-order valence-corrected chi connectivity index (χ3v) is 3.40. The van der Waals surface area contributed by atoms with Gasteiger partial charge in [-0.05, 0) is 18.0 Å². The number of hydrogen-bond donors (Lipinski definition) is 3. The van der Waals surface area contributed by atoms with Gasteiger partial charge >= 0.3 is 5.69 Å². The summed E-state index contributed by atoms with van der Waals surface area (Å²) in [4.78, 5) is 45.4. The third-order valence-electron chi connectivity index (χ3n) is 3.40. The van der Waals surface area contributed by atoms with Crippen LogP contribution in [0.4, 0.5) is 0 Å². The molecule has 2 heterocycles. The van der Waals surface area contributed by atoms with E-state index in [0.717, 1.165) is 0 Å². The summed E-state index contributed by atoms with van der Waals surface area (Å²) < 4.78 is 0. The van der Waals surface area contributed by atoms with E-state index >= 15 is 0 Å². The average Bonchev–Trinajstić information content (AvgIpc) is 2.45. The van der Waals surface area contributed by atoms with Crippen LogP contribution in [0, 0.1) is 5.41 Å². The molecule has 2 aromatic heterocycles. The van der Waals surface area contributed by atoms with Gasteiger partial charge in [-0.1, -0.05) is 13.8 Å². The molecular weight excluding hydrogens is 357 g/mol. The first-order valence-corrected chi connectivity index (χ1v) is 6.81. The summed E-state index contributed by atoms with van der Waals surface area (Å²) >= 11 is 0. The molecule has 2 aromatic rings. The lowest BCUT2D eigenvalue weighted by molar-refractivity contribution is 0.0740. The largest absolute Gasteiger partial charge is 0.341 e. The molecular formula is C14H21Cl2N5O3. The van der Waals surface area contributed by atoms with E-state index in [9.17, 15) is 14.4 Å². The molecule has 8 nitrogen and oxygen atoms in total. The number of H-pyrrole nitrogens is 2. The van der Waals surface area contributed by atoms with Crippen molar-refractivity contribution in [3.63, 3.8) is 0 Å². The molecule has 0 saturated heterocycles. The number of pyridine rings is 1. The highest BCUT2D eigenvalue weighted by molar-refractivity contribution is 5.96. The van der Waals surface area contributed by atoms with Crippen LogP contribution in [-0.4, -0.2) is 45.9 Å². The van der Waals surface area contributed by atoms with Crippen LogP contribution in [0.25, 0.3) is 11.0 Å². The number of aromatic amines is 2. The van der Waals surface area contributed by atoms with Gasteiger partial charge in [0.2, 0.25) is 0 Å². The van der Waals surface area contributed by atoms with Crippen molar-refractivity contribution in [2.24, 2.45) is 11.1 Å². The van der Waals surface area contributed by atoms with Crippen LogP contribution in [0.3, 0.4) is 0 Å². The molecule has 4 N–H and O–H groups in total. The summed E-state index contributed by atoms with van der Waals surface area (Å²) in [5, 5.41) is 0.164. The van der Waals surface area contributed by atoms with Crippen LogP contribution >= 0.6 is 24.8 Å². The number of halogens is 2. The maximum absolute atomic E-state index is 12.4. The smallest absolute Gasteiger partial charge is 0.327 e. The second-order valence-corrected chi connectivity index (χ2v) is 6.06. The highest BCUT2D eigenvalue weighted by Gasteiger charge is 2.22. The van der Waals surface area contributed by atoms with Crippen LogP contribution in [0.2, 0.25) is 0 Å². The number of nitrogens with one attached hydrogen (secondary N) is 2. The highest BCUT2D eigenvalue weighted by atomic mass is 35.5. The monoisotopic (exact) mass is 377 g/mol.